The number of imidazole rings is 1. The molecule has 0 fully saturated rings. The summed E-state index contributed by atoms with van der Waals surface area (Å²) in [5, 5.41) is 0. The van der Waals surface area contributed by atoms with Crippen LogP contribution in [0.3, 0.4) is 0 Å². The Morgan fingerprint density at radius 3 is 2.86 bits per heavy atom. The van der Waals surface area contributed by atoms with Crippen LogP contribution in [0.25, 0.3) is 0 Å². The van der Waals surface area contributed by atoms with Crippen LogP contribution in [0.15, 0.2) is 35.3 Å². The molecule has 5 nitrogen and oxygen atoms in total. The lowest BCUT2D eigenvalue weighted by atomic mass is 10.1. The molecule has 0 aliphatic carbocycles. The summed E-state index contributed by atoms with van der Waals surface area (Å²) >= 11 is 3.54. The Morgan fingerprint density at radius 2 is 2.24 bits per heavy atom. The van der Waals surface area contributed by atoms with Crippen LogP contribution in [0.2, 0.25) is 0 Å². The molecule has 1 aromatic carbocycles. The van der Waals surface area contributed by atoms with E-state index in [-0.39, 0.29) is 6.04 Å². The highest BCUT2D eigenvalue weighted by atomic mass is 79.9. The molecular weight excluding hydrogens is 334 g/mol. The SMILES string of the molecule is COc1cc(CC(C)N)cc(Br)c1OCCn1ccnc1. The highest BCUT2D eigenvalue weighted by Gasteiger charge is 2.12. The average molecular weight is 354 g/mol. The van der Waals surface area contributed by atoms with Gasteiger partial charge in [-0.2, -0.15) is 0 Å². The Hall–Kier alpha value is -1.53. The van der Waals surface area contributed by atoms with E-state index in [4.69, 9.17) is 15.2 Å². The number of rotatable bonds is 7. The van der Waals surface area contributed by atoms with E-state index in [9.17, 15) is 0 Å². The van der Waals surface area contributed by atoms with Crippen LogP contribution >= 0.6 is 15.9 Å². The van der Waals surface area contributed by atoms with Gasteiger partial charge in [0.05, 0.1) is 24.5 Å². The van der Waals surface area contributed by atoms with Gasteiger partial charge in [-0.3, -0.25) is 0 Å². The van der Waals surface area contributed by atoms with Crippen molar-refractivity contribution in [2.45, 2.75) is 25.9 Å². The van der Waals surface area contributed by atoms with Crippen molar-refractivity contribution >= 4 is 15.9 Å². The van der Waals surface area contributed by atoms with Gasteiger partial charge in [0.25, 0.3) is 0 Å². The number of benzene rings is 1. The van der Waals surface area contributed by atoms with E-state index in [0.29, 0.717) is 18.1 Å². The molecule has 21 heavy (non-hydrogen) atoms. The fourth-order valence-corrected chi connectivity index (χ4v) is 2.68. The fourth-order valence-electron chi connectivity index (χ4n) is 2.08. The Morgan fingerprint density at radius 1 is 1.43 bits per heavy atom. The number of aromatic nitrogens is 2. The van der Waals surface area contributed by atoms with E-state index in [0.717, 1.165) is 23.0 Å². The van der Waals surface area contributed by atoms with E-state index in [2.05, 4.69) is 20.9 Å². The van der Waals surface area contributed by atoms with Crippen molar-refractivity contribution in [3.63, 3.8) is 0 Å². The molecule has 0 amide bonds. The second kappa shape index (κ2) is 7.47. The first-order valence-electron chi connectivity index (χ1n) is 6.80. The van der Waals surface area contributed by atoms with E-state index in [1.165, 1.54) is 0 Å². The van der Waals surface area contributed by atoms with Crippen molar-refractivity contribution in [1.29, 1.82) is 0 Å². The predicted octanol–water partition coefficient (Wildman–Crippen LogP) is 2.62. The molecule has 6 heteroatoms. The Kier molecular flexibility index (Phi) is 5.64. The van der Waals surface area contributed by atoms with Gasteiger partial charge in [0, 0.05) is 18.4 Å². The summed E-state index contributed by atoms with van der Waals surface area (Å²) in [4.78, 5) is 4.00. The standard InChI is InChI=1S/C15H20BrN3O2/c1-11(17)7-12-8-13(16)15(14(9-12)20-2)21-6-5-19-4-3-18-10-19/h3-4,8-11H,5-7,17H2,1-2H3. The number of hydrogen-bond donors (Lipinski definition) is 1. The summed E-state index contributed by atoms with van der Waals surface area (Å²) in [5.41, 5.74) is 6.96. The van der Waals surface area contributed by atoms with Crippen molar-refractivity contribution in [1.82, 2.24) is 9.55 Å². The average Bonchev–Trinajstić information content (AvgIpc) is 2.93. The van der Waals surface area contributed by atoms with Gasteiger partial charge < -0.3 is 19.8 Å². The molecule has 1 atom stereocenters. The first kappa shape index (κ1) is 15.9. The molecule has 114 valence electrons. The zero-order valence-corrected chi connectivity index (χ0v) is 13.8. The molecule has 1 aromatic heterocycles. The summed E-state index contributed by atoms with van der Waals surface area (Å²) in [6.45, 7) is 3.26. The Bertz CT molecular complexity index is 571. The fraction of sp³-hybridized carbons (Fsp3) is 0.400. The lowest BCUT2D eigenvalue weighted by Gasteiger charge is -2.15. The summed E-state index contributed by atoms with van der Waals surface area (Å²) in [6.07, 6.45) is 6.21. The maximum absolute atomic E-state index is 5.84. The molecular formula is C15H20BrN3O2. The lowest BCUT2D eigenvalue weighted by Crippen LogP contribution is -2.17. The van der Waals surface area contributed by atoms with E-state index in [1.807, 2.05) is 29.8 Å². The minimum absolute atomic E-state index is 0.106. The minimum Gasteiger partial charge on any atom is -0.493 e. The van der Waals surface area contributed by atoms with Gasteiger partial charge in [0.15, 0.2) is 11.5 Å². The Balaban J connectivity index is 2.07. The highest BCUT2D eigenvalue weighted by Crippen LogP contribution is 2.36. The van der Waals surface area contributed by atoms with Crippen LogP contribution in [0.5, 0.6) is 11.5 Å². The zero-order valence-electron chi connectivity index (χ0n) is 12.3. The van der Waals surface area contributed by atoms with Gasteiger partial charge in [-0.1, -0.05) is 0 Å². The van der Waals surface area contributed by atoms with Gasteiger partial charge in [0.2, 0.25) is 0 Å². The predicted molar refractivity (Wildman–Crippen MR) is 85.8 cm³/mol. The third-order valence-corrected chi connectivity index (χ3v) is 3.59. The molecule has 1 heterocycles. The van der Waals surface area contributed by atoms with Crippen molar-refractivity contribution in [3.05, 3.63) is 40.9 Å². The molecule has 0 radical (unpaired) electrons. The first-order valence-corrected chi connectivity index (χ1v) is 7.60. The van der Waals surface area contributed by atoms with E-state index in [1.54, 1.807) is 19.6 Å². The van der Waals surface area contributed by atoms with Crippen molar-refractivity contribution in [2.24, 2.45) is 5.73 Å². The van der Waals surface area contributed by atoms with Crippen LogP contribution in [0, 0.1) is 0 Å². The molecule has 2 rings (SSSR count). The summed E-state index contributed by atoms with van der Waals surface area (Å²) in [5.74, 6) is 1.43. The second-order valence-corrected chi connectivity index (χ2v) is 5.79. The normalized spacial score (nSPS) is 12.2. The van der Waals surface area contributed by atoms with Crippen molar-refractivity contribution in [2.75, 3.05) is 13.7 Å². The van der Waals surface area contributed by atoms with Gasteiger partial charge >= 0.3 is 0 Å². The van der Waals surface area contributed by atoms with Gasteiger partial charge in [-0.05, 0) is 47.0 Å². The summed E-state index contributed by atoms with van der Waals surface area (Å²) < 4.78 is 14.1. The molecule has 0 aliphatic rings. The molecule has 0 spiro atoms. The molecule has 1 unspecified atom stereocenters. The summed E-state index contributed by atoms with van der Waals surface area (Å²) in [7, 11) is 1.64. The monoisotopic (exact) mass is 353 g/mol. The largest absolute Gasteiger partial charge is 0.493 e. The summed E-state index contributed by atoms with van der Waals surface area (Å²) in [6, 6.07) is 4.11. The van der Waals surface area contributed by atoms with Crippen LogP contribution in [0.4, 0.5) is 0 Å². The lowest BCUT2D eigenvalue weighted by molar-refractivity contribution is 0.277. The maximum atomic E-state index is 5.84. The quantitative estimate of drug-likeness (QED) is 0.830. The van der Waals surface area contributed by atoms with Crippen LogP contribution < -0.4 is 15.2 Å². The first-order chi connectivity index (χ1) is 10.1. The molecule has 0 bridgehead atoms. The molecule has 0 saturated carbocycles. The Labute approximate surface area is 133 Å². The van der Waals surface area contributed by atoms with Crippen LogP contribution in [-0.2, 0) is 13.0 Å². The minimum atomic E-state index is 0.106. The maximum Gasteiger partial charge on any atom is 0.175 e. The number of methoxy groups -OCH3 is 1. The smallest absolute Gasteiger partial charge is 0.175 e. The zero-order chi connectivity index (χ0) is 15.2. The molecule has 0 saturated heterocycles. The van der Waals surface area contributed by atoms with E-state index < -0.39 is 0 Å². The van der Waals surface area contributed by atoms with Gasteiger partial charge in [-0.15, -0.1) is 0 Å². The van der Waals surface area contributed by atoms with Gasteiger partial charge in [-0.25, -0.2) is 4.98 Å². The second-order valence-electron chi connectivity index (χ2n) is 4.94. The number of ether oxygens (including phenoxy) is 2. The molecule has 2 N–H and O–H groups in total. The molecule has 2 aromatic rings. The van der Waals surface area contributed by atoms with E-state index >= 15 is 0 Å². The number of nitrogens with zero attached hydrogens (tertiary/aromatic N) is 2. The molecule has 0 aliphatic heterocycles. The topological polar surface area (TPSA) is 62.3 Å². The van der Waals surface area contributed by atoms with Gasteiger partial charge in [0.1, 0.15) is 6.61 Å². The van der Waals surface area contributed by atoms with Crippen LogP contribution in [-0.4, -0.2) is 29.3 Å². The highest BCUT2D eigenvalue weighted by molar-refractivity contribution is 9.10. The van der Waals surface area contributed by atoms with Crippen molar-refractivity contribution < 1.29 is 9.47 Å². The third kappa shape index (κ3) is 4.47. The third-order valence-electron chi connectivity index (χ3n) is 3.00. The number of nitrogens with two attached hydrogens (primary N) is 1. The van der Waals surface area contributed by atoms with Crippen molar-refractivity contribution in [3.8, 4) is 11.5 Å². The number of halogens is 1. The van der Waals surface area contributed by atoms with Crippen LogP contribution in [0.1, 0.15) is 12.5 Å². The number of hydrogen-bond acceptors (Lipinski definition) is 4.